The number of ketones is 1. The number of hydrogen-bond donors (Lipinski definition) is 4. The second-order valence-electron chi connectivity index (χ2n) is 5.18. The van der Waals surface area contributed by atoms with E-state index in [-0.39, 0.29) is 36.0 Å². The van der Waals surface area contributed by atoms with Gasteiger partial charge in [-0.3, -0.25) is 14.4 Å². The number of rotatable bonds is 8. The van der Waals surface area contributed by atoms with Gasteiger partial charge in [-0.25, -0.2) is 9.87 Å². The Labute approximate surface area is 162 Å². The molecule has 26 heavy (non-hydrogen) atoms. The number of Topliss-reactive ketones (excluding diaryl/α,β-unsaturated/α-hetero) is 1. The fourth-order valence-electron chi connectivity index (χ4n) is 2.21. The number of carbonyl (C=O) groups excluding carboxylic acids is 2. The van der Waals surface area contributed by atoms with E-state index >= 15 is 0 Å². The van der Waals surface area contributed by atoms with Gasteiger partial charge in [-0.1, -0.05) is 0 Å². The SMILES string of the molecule is Cn1c(C(=O)CO)cc(C(=O)NOCCO)c1Nc1ccc(I)cc1F. The number of benzene rings is 1. The molecule has 10 heteroatoms. The number of nitrogens with zero attached hydrogens (tertiary/aromatic N) is 1. The standard InChI is InChI=1S/C16H17FIN3O5/c1-21-13(14(24)8-23)7-10(16(25)20-26-5-4-22)15(21)19-12-3-2-9(18)6-11(12)17/h2-3,6-7,19,22-23H,4-5,8H2,1H3,(H,20,25). The second kappa shape index (κ2) is 9.07. The third kappa shape index (κ3) is 4.58. The molecular formula is C16H17FIN3O5. The van der Waals surface area contributed by atoms with Crippen LogP contribution in [-0.4, -0.2) is 46.3 Å². The first kappa shape index (κ1) is 20.3. The van der Waals surface area contributed by atoms with Crippen LogP contribution in [-0.2, 0) is 11.9 Å². The predicted molar refractivity (Wildman–Crippen MR) is 99.7 cm³/mol. The molecule has 1 amide bonds. The molecule has 0 spiro atoms. The van der Waals surface area contributed by atoms with Crippen LogP contribution in [0.1, 0.15) is 20.8 Å². The molecule has 0 unspecified atom stereocenters. The normalized spacial score (nSPS) is 10.7. The minimum Gasteiger partial charge on any atom is -0.394 e. The smallest absolute Gasteiger partial charge is 0.278 e. The van der Waals surface area contributed by atoms with Gasteiger partial charge < -0.3 is 20.1 Å². The molecule has 1 heterocycles. The third-order valence-electron chi connectivity index (χ3n) is 3.45. The summed E-state index contributed by atoms with van der Waals surface area (Å²) in [6.45, 7) is -1.14. The molecule has 0 aliphatic rings. The van der Waals surface area contributed by atoms with E-state index < -0.39 is 24.1 Å². The lowest BCUT2D eigenvalue weighted by Crippen LogP contribution is -2.25. The number of hydrogen-bond acceptors (Lipinski definition) is 6. The highest BCUT2D eigenvalue weighted by Gasteiger charge is 2.23. The number of aliphatic hydroxyl groups is 2. The largest absolute Gasteiger partial charge is 0.394 e. The number of hydroxylamine groups is 1. The zero-order chi connectivity index (χ0) is 19.3. The molecule has 0 atom stereocenters. The molecule has 0 saturated heterocycles. The van der Waals surface area contributed by atoms with E-state index in [9.17, 15) is 14.0 Å². The van der Waals surface area contributed by atoms with Crippen LogP contribution in [0.4, 0.5) is 15.9 Å². The maximum Gasteiger partial charge on any atom is 0.278 e. The Bertz CT molecular complexity index is 824. The van der Waals surface area contributed by atoms with Crippen LogP contribution in [0.5, 0.6) is 0 Å². The molecule has 2 aromatic rings. The van der Waals surface area contributed by atoms with Gasteiger partial charge in [0, 0.05) is 10.6 Å². The highest BCUT2D eigenvalue weighted by molar-refractivity contribution is 14.1. The highest BCUT2D eigenvalue weighted by Crippen LogP contribution is 2.27. The maximum absolute atomic E-state index is 14.1. The van der Waals surface area contributed by atoms with Gasteiger partial charge >= 0.3 is 0 Å². The highest BCUT2D eigenvalue weighted by atomic mass is 127. The van der Waals surface area contributed by atoms with Crippen molar-refractivity contribution < 1.29 is 29.0 Å². The Morgan fingerprint density at radius 3 is 2.65 bits per heavy atom. The summed E-state index contributed by atoms with van der Waals surface area (Å²) in [5, 5.41) is 20.6. The average Bonchev–Trinajstić information content (AvgIpc) is 2.93. The Morgan fingerprint density at radius 1 is 1.31 bits per heavy atom. The molecule has 0 aliphatic carbocycles. The molecule has 8 nitrogen and oxygen atoms in total. The maximum atomic E-state index is 14.1. The summed E-state index contributed by atoms with van der Waals surface area (Å²) in [5.74, 6) is -1.68. The molecule has 0 fully saturated rings. The first-order chi connectivity index (χ1) is 12.4. The average molecular weight is 477 g/mol. The molecular weight excluding hydrogens is 460 g/mol. The minimum absolute atomic E-state index is 0.0141. The van der Waals surface area contributed by atoms with Crippen molar-refractivity contribution in [1.29, 1.82) is 0 Å². The van der Waals surface area contributed by atoms with Crippen LogP contribution in [0.3, 0.4) is 0 Å². The molecule has 0 aliphatic heterocycles. The molecule has 0 radical (unpaired) electrons. The number of anilines is 2. The lowest BCUT2D eigenvalue weighted by Gasteiger charge is -2.12. The van der Waals surface area contributed by atoms with Crippen LogP contribution in [0.25, 0.3) is 0 Å². The number of aliphatic hydroxyl groups excluding tert-OH is 2. The Balaban J connectivity index is 2.42. The zero-order valence-electron chi connectivity index (χ0n) is 13.8. The van der Waals surface area contributed by atoms with Gasteiger partial charge in [0.15, 0.2) is 0 Å². The number of carbonyl (C=O) groups is 2. The van der Waals surface area contributed by atoms with Crippen molar-refractivity contribution >= 4 is 45.8 Å². The molecule has 4 N–H and O–H groups in total. The van der Waals surface area contributed by atoms with Crippen LogP contribution >= 0.6 is 22.6 Å². The Morgan fingerprint density at radius 2 is 2.04 bits per heavy atom. The van der Waals surface area contributed by atoms with Crippen molar-refractivity contribution in [2.24, 2.45) is 7.05 Å². The lowest BCUT2D eigenvalue weighted by molar-refractivity contribution is 0.0169. The second-order valence-corrected chi connectivity index (χ2v) is 6.43. The van der Waals surface area contributed by atoms with E-state index in [4.69, 9.17) is 15.1 Å². The van der Waals surface area contributed by atoms with Gasteiger partial charge in [0.1, 0.15) is 18.2 Å². The quantitative estimate of drug-likeness (QED) is 0.198. The summed E-state index contributed by atoms with van der Waals surface area (Å²) in [6.07, 6.45) is 0. The van der Waals surface area contributed by atoms with Crippen molar-refractivity contribution in [2.75, 3.05) is 25.1 Å². The van der Waals surface area contributed by atoms with Crippen molar-refractivity contribution in [3.63, 3.8) is 0 Å². The molecule has 0 saturated carbocycles. The summed E-state index contributed by atoms with van der Waals surface area (Å²) in [7, 11) is 1.50. The number of aromatic nitrogens is 1. The van der Waals surface area contributed by atoms with Crippen molar-refractivity contribution in [1.82, 2.24) is 10.0 Å². The topological polar surface area (TPSA) is 113 Å². The molecule has 1 aromatic heterocycles. The van der Waals surface area contributed by atoms with Gasteiger partial charge in [0.25, 0.3) is 5.91 Å². The first-order valence-electron chi connectivity index (χ1n) is 7.47. The zero-order valence-corrected chi connectivity index (χ0v) is 15.9. The number of amides is 1. The van der Waals surface area contributed by atoms with Crippen LogP contribution in [0.15, 0.2) is 24.3 Å². The Hall–Kier alpha value is -2.02. The van der Waals surface area contributed by atoms with Crippen molar-refractivity contribution in [3.8, 4) is 0 Å². The van der Waals surface area contributed by atoms with Gasteiger partial charge in [-0.15, -0.1) is 0 Å². The first-order valence-corrected chi connectivity index (χ1v) is 8.55. The van der Waals surface area contributed by atoms with E-state index in [1.165, 1.54) is 29.8 Å². The molecule has 0 bridgehead atoms. The fraction of sp³-hybridized carbons (Fsp3) is 0.250. The van der Waals surface area contributed by atoms with Gasteiger partial charge in [0.05, 0.1) is 30.2 Å². The summed E-state index contributed by atoms with van der Waals surface area (Å²) in [4.78, 5) is 29.0. The summed E-state index contributed by atoms with van der Waals surface area (Å²) in [5.41, 5.74) is 2.31. The summed E-state index contributed by atoms with van der Waals surface area (Å²) < 4.78 is 16.2. The summed E-state index contributed by atoms with van der Waals surface area (Å²) >= 11 is 1.97. The molecule has 1 aromatic carbocycles. The number of halogens is 2. The Kier molecular flexibility index (Phi) is 7.08. The van der Waals surface area contributed by atoms with E-state index in [1.54, 1.807) is 6.07 Å². The monoisotopic (exact) mass is 477 g/mol. The van der Waals surface area contributed by atoms with Crippen molar-refractivity contribution in [3.05, 3.63) is 44.9 Å². The van der Waals surface area contributed by atoms with Gasteiger partial charge in [-0.05, 0) is 46.9 Å². The van der Waals surface area contributed by atoms with Crippen LogP contribution < -0.4 is 10.8 Å². The van der Waals surface area contributed by atoms with E-state index in [1.807, 2.05) is 22.6 Å². The van der Waals surface area contributed by atoms with Crippen molar-refractivity contribution in [2.45, 2.75) is 0 Å². The lowest BCUT2D eigenvalue weighted by atomic mass is 10.2. The van der Waals surface area contributed by atoms with E-state index in [2.05, 4.69) is 10.8 Å². The van der Waals surface area contributed by atoms with E-state index in [0.29, 0.717) is 3.57 Å². The molecule has 140 valence electrons. The van der Waals surface area contributed by atoms with E-state index in [0.717, 1.165) is 0 Å². The number of nitrogens with one attached hydrogen (secondary N) is 2. The summed E-state index contributed by atoms with van der Waals surface area (Å²) in [6, 6.07) is 5.76. The van der Waals surface area contributed by atoms with Crippen LogP contribution in [0.2, 0.25) is 0 Å². The third-order valence-corrected chi connectivity index (χ3v) is 4.12. The predicted octanol–water partition coefficient (Wildman–Crippen LogP) is 1.34. The molecule has 2 rings (SSSR count). The minimum atomic E-state index is -0.739. The fourth-order valence-corrected chi connectivity index (χ4v) is 2.66. The van der Waals surface area contributed by atoms with Gasteiger partial charge in [0.2, 0.25) is 5.78 Å². The van der Waals surface area contributed by atoms with Crippen LogP contribution in [0, 0.1) is 9.39 Å². The van der Waals surface area contributed by atoms with Gasteiger partial charge in [-0.2, -0.15) is 0 Å².